The van der Waals surface area contributed by atoms with E-state index >= 15 is 0 Å². The van der Waals surface area contributed by atoms with Gasteiger partial charge in [-0.25, -0.2) is 0 Å². The molecule has 6 heteroatoms. The number of likely N-dealkylation sites (N-methyl/N-ethyl adjacent to an activating group) is 1. The van der Waals surface area contributed by atoms with Crippen LogP contribution >= 0.6 is 11.3 Å². The van der Waals surface area contributed by atoms with Crippen molar-refractivity contribution in [2.24, 2.45) is 0 Å². The fourth-order valence-electron chi connectivity index (χ4n) is 3.55. The van der Waals surface area contributed by atoms with Gasteiger partial charge < -0.3 is 10.6 Å². The highest BCUT2D eigenvalue weighted by atomic mass is 32.1. The molecule has 132 valence electrons. The molecule has 2 amide bonds. The maximum atomic E-state index is 12.5. The monoisotopic (exact) mass is 349 g/mol. The molecule has 2 heterocycles. The van der Waals surface area contributed by atoms with Crippen LogP contribution in [0.1, 0.15) is 52.2 Å². The summed E-state index contributed by atoms with van der Waals surface area (Å²) in [5.74, 6) is 0.135. The first-order valence-electron chi connectivity index (χ1n) is 9.01. The minimum absolute atomic E-state index is 0.0533. The Morgan fingerprint density at radius 3 is 2.71 bits per heavy atom. The zero-order valence-electron chi connectivity index (χ0n) is 14.4. The van der Waals surface area contributed by atoms with Crippen LogP contribution in [0.4, 0.5) is 0 Å². The molecule has 5 nitrogen and oxygen atoms in total. The summed E-state index contributed by atoms with van der Waals surface area (Å²) in [5.41, 5.74) is 1.39. The van der Waals surface area contributed by atoms with Crippen molar-refractivity contribution in [3.63, 3.8) is 0 Å². The molecule has 1 aromatic rings. The Balaban J connectivity index is 1.50. The van der Waals surface area contributed by atoms with Gasteiger partial charge in [-0.2, -0.15) is 0 Å². The summed E-state index contributed by atoms with van der Waals surface area (Å²) < 4.78 is 0. The summed E-state index contributed by atoms with van der Waals surface area (Å²) in [6, 6.07) is 2.34. The molecule has 2 N–H and O–H groups in total. The second kappa shape index (κ2) is 8.12. The van der Waals surface area contributed by atoms with E-state index in [1.165, 1.54) is 29.7 Å². The van der Waals surface area contributed by atoms with Gasteiger partial charge in [-0.05, 0) is 50.2 Å². The van der Waals surface area contributed by atoms with Crippen molar-refractivity contribution in [3.05, 3.63) is 21.4 Å². The van der Waals surface area contributed by atoms with Crippen molar-refractivity contribution < 1.29 is 9.59 Å². The number of nitrogens with zero attached hydrogens (tertiary/aromatic N) is 1. The number of aryl methyl sites for hydroxylation is 2. The van der Waals surface area contributed by atoms with E-state index in [2.05, 4.69) is 21.6 Å². The third kappa shape index (κ3) is 4.36. The van der Waals surface area contributed by atoms with Crippen LogP contribution in [-0.4, -0.2) is 49.4 Å². The SMILES string of the molecule is CNC(=O)CN1CCC(NC(=O)c2cc3c(s2)CCCCC3)CC1. The third-order valence-corrected chi connectivity index (χ3v) is 6.28. The van der Waals surface area contributed by atoms with Gasteiger partial charge in [0.1, 0.15) is 0 Å². The highest BCUT2D eigenvalue weighted by Gasteiger charge is 2.23. The fraction of sp³-hybridized carbons (Fsp3) is 0.667. The Labute approximate surface area is 147 Å². The first-order valence-corrected chi connectivity index (χ1v) is 9.82. The number of rotatable bonds is 4. The standard InChI is InChI=1S/C18H27N3O2S/c1-19-17(22)12-21-9-7-14(8-10-21)20-18(23)16-11-13-5-3-2-4-6-15(13)24-16/h11,14H,2-10,12H2,1H3,(H,19,22)(H,20,23). The van der Waals surface area contributed by atoms with Gasteiger partial charge in [0, 0.05) is 31.1 Å². The fourth-order valence-corrected chi connectivity index (χ4v) is 4.71. The highest BCUT2D eigenvalue weighted by Crippen LogP contribution is 2.29. The Bertz CT molecular complexity index is 568. The lowest BCUT2D eigenvalue weighted by Gasteiger charge is -2.31. The summed E-state index contributed by atoms with van der Waals surface area (Å²) in [5, 5.41) is 5.85. The molecule has 0 aromatic carbocycles. The quantitative estimate of drug-likeness (QED) is 0.817. The van der Waals surface area contributed by atoms with Crippen LogP contribution in [0.2, 0.25) is 0 Å². The Morgan fingerprint density at radius 2 is 1.96 bits per heavy atom. The van der Waals surface area contributed by atoms with Crippen LogP contribution in [0.15, 0.2) is 6.07 Å². The van der Waals surface area contributed by atoms with Crippen LogP contribution < -0.4 is 10.6 Å². The van der Waals surface area contributed by atoms with Gasteiger partial charge in [0.05, 0.1) is 11.4 Å². The van der Waals surface area contributed by atoms with Gasteiger partial charge in [-0.15, -0.1) is 11.3 Å². The maximum absolute atomic E-state index is 12.5. The van der Waals surface area contributed by atoms with E-state index < -0.39 is 0 Å². The van der Waals surface area contributed by atoms with Crippen LogP contribution in [0.3, 0.4) is 0 Å². The number of hydrogen-bond donors (Lipinski definition) is 2. The molecule has 24 heavy (non-hydrogen) atoms. The smallest absolute Gasteiger partial charge is 0.261 e. The van der Waals surface area contributed by atoms with Crippen molar-refractivity contribution in [1.82, 2.24) is 15.5 Å². The topological polar surface area (TPSA) is 61.4 Å². The number of amides is 2. The summed E-state index contributed by atoms with van der Waals surface area (Å²) in [6.45, 7) is 2.17. The molecule has 1 fully saturated rings. The van der Waals surface area contributed by atoms with E-state index in [0.29, 0.717) is 6.54 Å². The predicted octanol–water partition coefficient (Wildman–Crippen LogP) is 1.96. The van der Waals surface area contributed by atoms with Crippen molar-refractivity contribution in [1.29, 1.82) is 0 Å². The highest BCUT2D eigenvalue weighted by molar-refractivity contribution is 7.14. The zero-order valence-corrected chi connectivity index (χ0v) is 15.2. The molecule has 0 atom stereocenters. The minimum atomic E-state index is 0.0533. The second-order valence-electron chi connectivity index (χ2n) is 6.82. The largest absolute Gasteiger partial charge is 0.358 e. The van der Waals surface area contributed by atoms with Gasteiger partial charge in [0.2, 0.25) is 5.91 Å². The number of likely N-dealkylation sites (tertiary alicyclic amines) is 1. The van der Waals surface area contributed by atoms with E-state index in [1.54, 1.807) is 18.4 Å². The number of piperidine rings is 1. The average Bonchev–Trinajstić information content (AvgIpc) is 2.87. The first kappa shape index (κ1) is 17.4. The molecule has 0 unspecified atom stereocenters. The maximum Gasteiger partial charge on any atom is 0.261 e. The third-order valence-electron chi connectivity index (χ3n) is 5.04. The number of carbonyl (C=O) groups excluding carboxylic acids is 2. The number of carbonyl (C=O) groups is 2. The summed E-state index contributed by atoms with van der Waals surface area (Å²) in [6.07, 6.45) is 7.87. The lowest BCUT2D eigenvalue weighted by atomic mass is 10.0. The van der Waals surface area contributed by atoms with Crippen LogP contribution in [-0.2, 0) is 17.6 Å². The van der Waals surface area contributed by atoms with Crippen molar-refractivity contribution >= 4 is 23.2 Å². The zero-order chi connectivity index (χ0) is 16.9. The molecule has 1 aliphatic heterocycles. The predicted molar refractivity (Wildman–Crippen MR) is 96.6 cm³/mol. The van der Waals surface area contributed by atoms with E-state index in [4.69, 9.17) is 0 Å². The average molecular weight is 350 g/mol. The Morgan fingerprint density at radius 1 is 1.21 bits per heavy atom. The van der Waals surface area contributed by atoms with Crippen LogP contribution in [0, 0.1) is 0 Å². The lowest BCUT2D eigenvalue weighted by Crippen LogP contribution is -2.47. The molecule has 0 spiro atoms. The summed E-state index contributed by atoms with van der Waals surface area (Å²) >= 11 is 1.68. The number of fused-ring (bicyclic) bond motifs is 1. The van der Waals surface area contributed by atoms with Gasteiger partial charge >= 0.3 is 0 Å². The first-order chi connectivity index (χ1) is 11.7. The lowest BCUT2D eigenvalue weighted by molar-refractivity contribution is -0.122. The molecule has 0 bridgehead atoms. The number of thiophene rings is 1. The van der Waals surface area contributed by atoms with E-state index in [9.17, 15) is 9.59 Å². The molecule has 3 rings (SSSR count). The number of hydrogen-bond acceptors (Lipinski definition) is 4. The van der Waals surface area contributed by atoms with Gasteiger partial charge in [0.25, 0.3) is 5.91 Å². The molecule has 0 saturated carbocycles. The molecule has 1 aromatic heterocycles. The second-order valence-corrected chi connectivity index (χ2v) is 7.95. The summed E-state index contributed by atoms with van der Waals surface area (Å²) in [7, 11) is 1.66. The van der Waals surface area contributed by atoms with Gasteiger partial charge in [-0.1, -0.05) is 6.42 Å². The van der Waals surface area contributed by atoms with E-state index in [-0.39, 0.29) is 17.9 Å². The molecule has 0 radical (unpaired) electrons. The minimum Gasteiger partial charge on any atom is -0.358 e. The summed E-state index contributed by atoms with van der Waals surface area (Å²) in [4.78, 5) is 28.4. The van der Waals surface area contributed by atoms with Crippen LogP contribution in [0.25, 0.3) is 0 Å². The van der Waals surface area contributed by atoms with Crippen molar-refractivity contribution in [2.45, 2.75) is 51.0 Å². The van der Waals surface area contributed by atoms with Gasteiger partial charge in [0.15, 0.2) is 0 Å². The van der Waals surface area contributed by atoms with Crippen molar-refractivity contribution in [3.8, 4) is 0 Å². The Kier molecular flexibility index (Phi) is 5.89. The molecular weight excluding hydrogens is 322 g/mol. The van der Waals surface area contributed by atoms with Crippen LogP contribution in [0.5, 0.6) is 0 Å². The molecule has 2 aliphatic rings. The molecule has 1 saturated heterocycles. The van der Waals surface area contributed by atoms with E-state index in [1.807, 2.05) is 0 Å². The molecule has 1 aliphatic carbocycles. The number of nitrogens with one attached hydrogen (secondary N) is 2. The van der Waals surface area contributed by atoms with Crippen molar-refractivity contribution in [2.75, 3.05) is 26.7 Å². The normalized spacial score (nSPS) is 19.4. The molecular formula is C18H27N3O2S. The van der Waals surface area contributed by atoms with Gasteiger partial charge in [-0.3, -0.25) is 14.5 Å². The Hall–Kier alpha value is -1.40. The van der Waals surface area contributed by atoms with E-state index in [0.717, 1.165) is 43.6 Å².